The van der Waals surface area contributed by atoms with E-state index in [1.54, 1.807) is 7.11 Å². The second-order valence-electron chi connectivity index (χ2n) is 1.07. The number of rotatable bonds is 3. The topological polar surface area (TPSA) is 29.5 Å². The van der Waals surface area contributed by atoms with Gasteiger partial charge in [0.15, 0.2) is 0 Å². The molecular weight excluding hydrogens is 224 g/mol. The van der Waals surface area contributed by atoms with Gasteiger partial charge in [-0.15, -0.1) is 0 Å². The molecule has 42 valence electrons. The summed E-state index contributed by atoms with van der Waals surface area (Å²) in [5.41, 5.74) is 0. The molecule has 0 rings (SSSR count). The van der Waals surface area contributed by atoms with Crippen LogP contribution >= 0.6 is 0 Å². The van der Waals surface area contributed by atoms with Crippen LogP contribution in [0.1, 0.15) is 6.42 Å². The fraction of sp³-hybridized carbons (Fsp3) is 1.00. The smallest absolute Gasteiger partial charge is 0.0484 e. The average Bonchev–Trinajstić information content (AvgIpc) is 1.61. The van der Waals surface area contributed by atoms with E-state index in [9.17, 15) is 0 Å². The van der Waals surface area contributed by atoms with Gasteiger partial charge < -0.3 is 9.84 Å². The van der Waals surface area contributed by atoms with Crippen LogP contribution in [0.25, 0.3) is 0 Å². The van der Waals surface area contributed by atoms with Gasteiger partial charge in [-0.05, 0) is 6.42 Å². The predicted octanol–water partition coefficient (Wildman–Crippen LogP) is 0.0152. The van der Waals surface area contributed by atoms with Crippen LogP contribution in [0.4, 0.5) is 0 Å². The van der Waals surface area contributed by atoms with Gasteiger partial charge in [0.2, 0.25) is 0 Å². The normalized spacial score (nSPS) is 7.71. The van der Waals surface area contributed by atoms with Crippen molar-refractivity contribution >= 4 is 0 Å². The number of ether oxygens (including phenoxy) is 1. The first-order valence-corrected chi connectivity index (χ1v) is 2.01. The molecule has 0 atom stereocenters. The van der Waals surface area contributed by atoms with Crippen LogP contribution in [-0.2, 0) is 4.74 Å². The maximum atomic E-state index is 8.12. The Morgan fingerprint density at radius 3 is 2.29 bits per heavy atom. The molecule has 0 spiro atoms. The van der Waals surface area contributed by atoms with Crippen molar-refractivity contribution in [2.45, 2.75) is 6.42 Å². The zero-order chi connectivity index (χ0) is 4.83. The van der Waals surface area contributed by atoms with Crippen molar-refractivity contribution in [2.75, 3.05) is 20.3 Å². The van der Waals surface area contributed by atoms with Crippen molar-refractivity contribution in [2.24, 2.45) is 0 Å². The summed E-state index contributed by atoms with van der Waals surface area (Å²) in [5.74, 6) is 0. The third kappa shape index (κ3) is 11.1. The second-order valence-corrected chi connectivity index (χ2v) is 1.07. The van der Waals surface area contributed by atoms with Gasteiger partial charge in [-0.25, -0.2) is 0 Å². The summed E-state index contributed by atoms with van der Waals surface area (Å²) in [6.45, 7) is 0.893. The predicted molar refractivity (Wildman–Crippen MR) is 23.6 cm³/mol. The van der Waals surface area contributed by atoms with E-state index < -0.39 is 0 Å². The molecule has 1 N–H and O–H groups in total. The molecule has 0 aliphatic rings. The summed E-state index contributed by atoms with van der Waals surface area (Å²) in [5, 5.41) is 8.12. The number of aliphatic hydroxyl groups is 1. The minimum Gasteiger partial charge on any atom is -0.396 e. The molecule has 2 nitrogen and oxygen atoms in total. The van der Waals surface area contributed by atoms with Crippen LogP contribution in [0, 0.1) is 40.8 Å². The molecule has 0 amide bonds. The third-order valence-corrected chi connectivity index (χ3v) is 0.507. The van der Waals surface area contributed by atoms with Gasteiger partial charge in [-0.2, -0.15) is 0 Å². The minimum absolute atomic E-state index is 0. The fourth-order valence-corrected chi connectivity index (χ4v) is 0.209. The van der Waals surface area contributed by atoms with E-state index in [1.807, 2.05) is 0 Å². The summed E-state index contributed by atoms with van der Waals surface area (Å²) >= 11 is 0. The van der Waals surface area contributed by atoms with Crippen LogP contribution in [0.2, 0.25) is 0 Å². The Bertz CT molecular complexity index is 21.7. The van der Waals surface area contributed by atoms with Crippen LogP contribution in [-0.4, -0.2) is 25.4 Å². The van der Waals surface area contributed by atoms with Crippen LogP contribution in [0.5, 0.6) is 0 Å². The monoisotopic (exact) mass is 232 g/mol. The second kappa shape index (κ2) is 10.3. The molecule has 0 saturated carbocycles. The van der Waals surface area contributed by atoms with Gasteiger partial charge in [0.05, 0.1) is 0 Å². The number of hydrogen-bond donors (Lipinski definition) is 1. The Labute approximate surface area is 76.8 Å². The average molecular weight is 234 g/mol. The van der Waals surface area contributed by atoms with E-state index in [0.29, 0.717) is 6.61 Å². The number of hydrogen-bond acceptors (Lipinski definition) is 2. The van der Waals surface area contributed by atoms with Crippen molar-refractivity contribution in [1.29, 1.82) is 0 Å². The zero-order valence-electron chi connectivity index (χ0n) is 4.48. The largest absolute Gasteiger partial charge is 0.396 e. The van der Waals surface area contributed by atoms with Crippen LogP contribution in [0.3, 0.4) is 0 Å². The Kier molecular flexibility index (Phi) is 16.3. The maximum absolute atomic E-state index is 8.12. The Morgan fingerprint density at radius 2 is 2.14 bits per heavy atom. The molecule has 0 heterocycles. The van der Waals surface area contributed by atoms with Gasteiger partial charge in [-0.3, -0.25) is 0 Å². The Hall–Kier alpha value is 1.27. The van der Waals surface area contributed by atoms with Crippen LogP contribution in [0.15, 0.2) is 0 Å². The molecule has 0 aromatic heterocycles. The van der Waals surface area contributed by atoms with E-state index in [2.05, 4.69) is 4.74 Å². The molecular formula is C4H10NdO2. The van der Waals surface area contributed by atoms with Gasteiger partial charge in [0.1, 0.15) is 0 Å². The summed E-state index contributed by atoms with van der Waals surface area (Å²) in [7, 11) is 1.62. The van der Waals surface area contributed by atoms with Gasteiger partial charge in [0, 0.05) is 61.2 Å². The van der Waals surface area contributed by atoms with Crippen molar-refractivity contribution in [1.82, 2.24) is 0 Å². The van der Waals surface area contributed by atoms with Gasteiger partial charge >= 0.3 is 0 Å². The molecule has 0 bridgehead atoms. The molecule has 3 heteroatoms. The van der Waals surface area contributed by atoms with E-state index in [4.69, 9.17) is 5.11 Å². The first kappa shape index (κ1) is 11.1. The van der Waals surface area contributed by atoms with Crippen molar-refractivity contribution in [3.8, 4) is 0 Å². The van der Waals surface area contributed by atoms with E-state index >= 15 is 0 Å². The summed E-state index contributed by atoms with van der Waals surface area (Å²) in [6.07, 6.45) is 0.747. The van der Waals surface area contributed by atoms with E-state index in [0.717, 1.165) is 6.42 Å². The molecule has 0 aromatic rings. The molecule has 0 fully saturated rings. The molecule has 7 heavy (non-hydrogen) atoms. The third-order valence-electron chi connectivity index (χ3n) is 0.507. The van der Waals surface area contributed by atoms with E-state index in [-0.39, 0.29) is 47.4 Å². The van der Waals surface area contributed by atoms with Crippen molar-refractivity contribution in [3.05, 3.63) is 0 Å². The quantitative estimate of drug-likeness (QED) is 0.697. The molecule has 0 saturated heterocycles. The Balaban J connectivity index is 0. The van der Waals surface area contributed by atoms with Crippen LogP contribution < -0.4 is 0 Å². The molecule has 0 aliphatic heterocycles. The first-order chi connectivity index (χ1) is 2.91. The molecule has 0 radical (unpaired) electrons. The SMILES string of the molecule is COCCCO.[Nd]. The fourth-order valence-electron chi connectivity index (χ4n) is 0.209. The van der Waals surface area contributed by atoms with Gasteiger partial charge in [-0.1, -0.05) is 0 Å². The molecule has 0 aliphatic carbocycles. The van der Waals surface area contributed by atoms with Gasteiger partial charge in [0.25, 0.3) is 0 Å². The first-order valence-electron chi connectivity index (χ1n) is 2.01. The van der Waals surface area contributed by atoms with E-state index in [1.165, 1.54) is 0 Å². The zero-order valence-corrected chi connectivity index (χ0v) is 7.68. The van der Waals surface area contributed by atoms with Crippen molar-refractivity contribution < 1.29 is 50.7 Å². The van der Waals surface area contributed by atoms with Crippen molar-refractivity contribution in [3.63, 3.8) is 0 Å². The maximum Gasteiger partial charge on any atom is 0.0484 e. The summed E-state index contributed by atoms with van der Waals surface area (Å²) in [6, 6.07) is 0. The minimum atomic E-state index is 0. The summed E-state index contributed by atoms with van der Waals surface area (Å²) in [4.78, 5) is 0. The summed E-state index contributed by atoms with van der Waals surface area (Å²) < 4.78 is 4.62. The Morgan fingerprint density at radius 1 is 1.57 bits per heavy atom. The molecule has 0 aromatic carbocycles. The number of methoxy groups -OCH3 is 1. The standard InChI is InChI=1S/C4H10O2.Nd/c1-6-4-2-3-5;/h5H,2-4H2,1H3;. The number of aliphatic hydroxyl groups excluding tert-OH is 1. The molecule has 0 unspecified atom stereocenters.